The van der Waals surface area contributed by atoms with Gasteiger partial charge in [0.1, 0.15) is 11.6 Å². The molecule has 0 aromatic carbocycles. The van der Waals surface area contributed by atoms with Crippen LogP contribution in [0.2, 0.25) is 0 Å². The first-order chi connectivity index (χ1) is 17.5. The third kappa shape index (κ3) is 5.12. The molecule has 36 heavy (non-hydrogen) atoms. The van der Waals surface area contributed by atoms with Gasteiger partial charge < -0.3 is 20.6 Å². The van der Waals surface area contributed by atoms with Gasteiger partial charge >= 0.3 is 0 Å². The molecule has 10 nitrogen and oxygen atoms in total. The second-order valence-electron chi connectivity index (χ2n) is 9.07. The maximum Gasteiger partial charge on any atom is 0.225 e. The molecule has 0 radical (unpaired) electrons. The number of oxime groups is 1. The lowest BCUT2D eigenvalue weighted by Crippen LogP contribution is -2.29. The van der Waals surface area contributed by atoms with Gasteiger partial charge in [-0.05, 0) is 30.5 Å². The Bertz CT molecular complexity index is 1320. The number of ether oxygens (including phenoxy) is 1. The molecule has 0 spiro atoms. The second kappa shape index (κ2) is 10.5. The van der Waals surface area contributed by atoms with Crippen LogP contribution in [-0.4, -0.2) is 70.0 Å². The van der Waals surface area contributed by atoms with E-state index in [9.17, 15) is 14.4 Å². The molecular formula is C25H28FN7O3. The molecule has 0 aliphatic carbocycles. The van der Waals surface area contributed by atoms with Gasteiger partial charge in [-0.1, -0.05) is 11.2 Å². The number of halogens is 1. The number of nitrogens with zero attached hydrogens (tertiary/aromatic N) is 5. The monoisotopic (exact) mass is 493 g/mol. The van der Waals surface area contributed by atoms with E-state index in [0.717, 1.165) is 11.3 Å². The molecule has 1 saturated heterocycles. The highest BCUT2D eigenvalue weighted by Crippen LogP contribution is 2.23. The molecule has 0 unspecified atom stereocenters. The highest BCUT2D eigenvalue weighted by Gasteiger charge is 2.29. The van der Waals surface area contributed by atoms with Gasteiger partial charge in [-0.15, -0.1) is 0 Å². The average molecular weight is 494 g/mol. The van der Waals surface area contributed by atoms with Crippen LogP contribution in [-0.2, 0) is 24.2 Å². The van der Waals surface area contributed by atoms with E-state index >= 15 is 0 Å². The lowest BCUT2D eigenvalue weighted by molar-refractivity contribution is -0.116. The van der Waals surface area contributed by atoms with Crippen molar-refractivity contribution in [1.29, 1.82) is 0 Å². The Morgan fingerprint density at radius 2 is 2.17 bits per heavy atom. The number of pyridine rings is 3. The van der Waals surface area contributed by atoms with Crippen LogP contribution in [0.3, 0.4) is 0 Å². The summed E-state index contributed by atoms with van der Waals surface area (Å²) in [5.41, 5.74) is 4.17. The largest absolute Gasteiger partial charge is 0.481 e. The SMILES string of the molecule is COc1ccc2ncc(F)c(CCN3CC(=NO)[C@H](CNCc4ccc5c(n4)NC(=O)CC5)C3)c2n1. The number of aryl methyl sites for hydroxylation is 1. The topological polar surface area (TPSA) is 125 Å². The van der Waals surface area contributed by atoms with Crippen molar-refractivity contribution in [3.63, 3.8) is 0 Å². The summed E-state index contributed by atoms with van der Waals surface area (Å²) in [6.07, 6.45) is 2.86. The smallest absolute Gasteiger partial charge is 0.225 e. The number of methoxy groups -OCH3 is 1. The molecule has 0 bridgehead atoms. The van der Waals surface area contributed by atoms with Gasteiger partial charge in [0, 0.05) is 56.7 Å². The number of likely N-dealkylation sites (tertiary alicyclic amines) is 1. The zero-order valence-electron chi connectivity index (χ0n) is 20.0. The minimum atomic E-state index is -0.398. The van der Waals surface area contributed by atoms with Gasteiger partial charge in [-0.2, -0.15) is 0 Å². The predicted octanol–water partition coefficient (Wildman–Crippen LogP) is 2.15. The average Bonchev–Trinajstić information content (AvgIpc) is 3.29. The van der Waals surface area contributed by atoms with Crippen LogP contribution in [0.25, 0.3) is 11.0 Å². The van der Waals surface area contributed by atoms with Crippen molar-refractivity contribution >= 4 is 28.5 Å². The zero-order chi connectivity index (χ0) is 25.1. The number of rotatable bonds is 8. The van der Waals surface area contributed by atoms with Crippen molar-refractivity contribution in [1.82, 2.24) is 25.2 Å². The highest BCUT2D eigenvalue weighted by molar-refractivity contribution is 5.92. The van der Waals surface area contributed by atoms with Crippen molar-refractivity contribution in [3.8, 4) is 5.88 Å². The van der Waals surface area contributed by atoms with Crippen molar-refractivity contribution in [2.45, 2.75) is 25.8 Å². The van der Waals surface area contributed by atoms with Crippen molar-refractivity contribution in [3.05, 3.63) is 53.1 Å². The number of aromatic nitrogens is 3. The lowest BCUT2D eigenvalue weighted by atomic mass is 10.1. The molecule has 11 heteroatoms. The molecule has 0 saturated carbocycles. The molecule has 188 valence electrons. The molecule has 2 aliphatic heterocycles. The number of nitrogens with one attached hydrogen (secondary N) is 2. The zero-order valence-corrected chi connectivity index (χ0v) is 20.0. The minimum absolute atomic E-state index is 0.00971. The first-order valence-electron chi connectivity index (χ1n) is 11.9. The van der Waals surface area contributed by atoms with Crippen LogP contribution < -0.4 is 15.4 Å². The Kier molecular flexibility index (Phi) is 7.01. The van der Waals surface area contributed by atoms with Gasteiger partial charge in [-0.25, -0.2) is 14.4 Å². The van der Waals surface area contributed by atoms with E-state index in [1.54, 1.807) is 12.1 Å². The lowest BCUT2D eigenvalue weighted by Gasteiger charge is -2.17. The molecule has 3 aromatic rings. The highest BCUT2D eigenvalue weighted by atomic mass is 19.1. The standard InChI is InChI=1S/C25H28FN7O3/c1-36-23-7-5-20-24(31-23)18(19(26)12-28-20)8-9-33-13-16(21(14-33)32-35)10-27-11-17-4-2-15-3-6-22(34)30-25(15)29-17/h2,4-5,7,12,16,27,35H,3,6,8-11,13-14H2,1H3,(H,29,30,34)/t16-/m1/s1. The first-order valence-corrected chi connectivity index (χ1v) is 11.9. The Hall–Kier alpha value is -3.70. The number of hydrogen-bond acceptors (Lipinski definition) is 9. The molecule has 3 aromatic heterocycles. The molecule has 5 heterocycles. The molecule has 1 atom stereocenters. The summed E-state index contributed by atoms with van der Waals surface area (Å²) in [7, 11) is 1.52. The number of amides is 1. The molecule has 1 fully saturated rings. The number of carbonyl (C=O) groups excluding carboxylic acids is 1. The fourth-order valence-corrected chi connectivity index (χ4v) is 4.76. The summed E-state index contributed by atoms with van der Waals surface area (Å²) in [4.78, 5) is 26.9. The van der Waals surface area contributed by atoms with Crippen LogP contribution in [0.5, 0.6) is 5.88 Å². The van der Waals surface area contributed by atoms with Crippen LogP contribution in [0.4, 0.5) is 10.2 Å². The second-order valence-corrected chi connectivity index (χ2v) is 9.07. The summed E-state index contributed by atoms with van der Waals surface area (Å²) in [5.74, 6) is 0.659. The Morgan fingerprint density at radius 3 is 3.00 bits per heavy atom. The first kappa shape index (κ1) is 24.0. The van der Waals surface area contributed by atoms with E-state index in [2.05, 4.69) is 35.6 Å². The summed E-state index contributed by atoms with van der Waals surface area (Å²) in [6.45, 7) is 2.90. The van der Waals surface area contributed by atoms with E-state index in [1.165, 1.54) is 13.3 Å². The number of hydrogen-bond donors (Lipinski definition) is 3. The van der Waals surface area contributed by atoms with Crippen LogP contribution in [0, 0.1) is 11.7 Å². The fraction of sp³-hybridized carbons (Fsp3) is 0.400. The minimum Gasteiger partial charge on any atom is -0.481 e. The van der Waals surface area contributed by atoms with Crippen LogP contribution >= 0.6 is 0 Å². The molecule has 5 rings (SSSR count). The van der Waals surface area contributed by atoms with Gasteiger partial charge in [-0.3, -0.25) is 14.7 Å². The normalized spacial score (nSPS) is 19.0. The van der Waals surface area contributed by atoms with Gasteiger partial charge in [0.25, 0.3) is 0 Å². The maximum atomic E-state index is 14.6. The fourth-order valence-electron chi connectivity index (χ4n) is 4.76. The Labute approximate surface area is 207 Å². The molecule has 2 aliphatic rings. The van der Waals surface area contributed by atoms with Crippen molar-refractivity contribution in [2.24, 2.45) is 11.1 Å². The quantitative estimate of drug-likeness (QED) is 0.322. The number of anilines is 1. The van der Waals surface area contributed by atoms with E-state index in [4.69, 9.17) is 4.74 Å². The maximum absolute atomic E-state index is 14.6. The number of carbonyl (C=O) groups is 1. The number of fused-ring (bicyclic) bond motifs is 2. The van der Waals surface area contributed by atoms with Gasteiger partial charge in [0.2, 0.25) is 11.8 Å². The Balaban J connectivity index is 1.18. The third-order valence-corrected chi connectivity index (χ3v) is 6.70. The molecule has 3 N–H and O–H groups in total. The van der Waals surface area contributed by atoms with Gasteiger partial charge in [0.05, 0.1) is 35.7 Å². The predicted molar refractivity (Wildman–Crippen MR) is 132 cm³/mol. The van der Waals surface area contributed by atoms with E-state index in [0.29, 0.717) is 86.0 Å². The van der Waals surface area contributed by atoms with Crippen molar-refractivity contribution in [2.75, 3.05) is 38.6 Å². The van der Waals surface area contributed by atoms with Crippen LogP contribution in [0.1, 0.15) is 23.2 Å². The molecular weight excluding hydrogens is 465 g/mol. The van der Waals surface area contributed by atoms with Crippen LogP contribution in [0.15, 0.2) is 35.6 Å². The molecule has 1 amide bonds. The summed E-state index contributed by atoms with van der Waals surface area (Å²) in [6, 6.07) is 7.43. The summed E-state index contributed by atoms with van der Waals surface area (Å²) < 4.78 is 19.8. The summed E-state index contributed by atoms with van der Waals surface area (Å²) in [5, 5.41) is 19.3. The van der Waals surface area contributed by atoms with E-state index in [-0.39, 0.29) is 11.8 Å². The van der Waals surface area contributed by atoms with E-state index < -0.39 is 5.82 Å². The summed E-state index contributed by atoms with van der Waals surface area (Å²) >= 11 is 0. The Morgan fingerprint density at radius 1 is 1.28 bits per heavy atom. The third-order valence-electron chi connectivity index (χ3n) is 6.70. The van der Waals surface area contributed by atoms with Gasteiger partial charge in [0.15, 0.2) is 0 Å². The van der Waals surface area contributed by atoms with Crippen molar-refractivity contribution < 1.29 is 19.1 Å². The van der Waals surface area contributed by atoms with E-state index in [1.807, 2.05) is 12.1 Å².